The molecule has 3 N–H and O–H groups in total. The van der Waals surface area contributed by atoms with Crippen LogP contribution >= 0.6 is 0 Å². The molecule has 0 radical (unpaired) electrons. The number of esters is 1. The third-order valence-corrected chi connectivity index (χ3v) is 14.5. The van der Waals surface area contributed by atoms with Crippen LogP contribution in [0.5, 0.6) is 5.75 Å². The standard InChI is InChI=1S/C56H69FN8O8/c1-10-64-46-20-19-36-27-41(46)42(51(64)40-16-13-21-58-49(40)34(4)72-9)28-56(5,6)32-73-55(71)44-18-14-22-65(60-44)53(69)45(25-35-23-38(36)26-39(66)24-35)59-52(68)50(33(2)3)62(8)48(67)31-61(7)54(70)47-30-63(47)29-37-15-11-12-17-43(37)57/h11-13,15-17,19-21,23-24,26-27,33-34,44-45,47,50,60,66H,10,14,18,22,25,28-32H2,1-9H3,(H,59,68)/t34-,44-,45-,47+,50?,63?/m0/s1. The number of carbonyl (C=O) groups excluding carboxylic acids is 5. The van der Waals surface area contributed by atoms with Gasteiger partial charge < -0.3 is 34.3 Å². The van der Waals surface area contributed by atoms with Gasteiger partial charge in [0.15, 0.2) is 0 Å². The normalized spacial score (nSPS) is 20.7. The molecule has 73 heavy (non-hydrogen) atoms. The number of aromatic hydroxyl groups is 1. The Morgan fingerprint density at radius 1 is 1.03 bits per heavy atom. The Labute approximate surface area is 426 Å². The summed E-state index contributed by atoms with van der Waals surface area (Å²) in [6.45, 7) is 13.1. The molecule has 3 aromatic carbocycles. The Bertz CT molecular complexity index is 2900. The number of aryl methyl sites for hydroxylation is 1. The summed E-state index contributed by atoms with van der Waals surface area (Å²) in [7, 11) is 4.69. The quantitative estimate of drug-likeness (QED) is 0.0877. The molecule has 6 bridgehead atoms. The number of nitrogens with one attached hydrogen (secondary N) is 2. The van der Waals surface area contributed by atoms with E-state index in [1.54, 1.807) is 57.5 Å². The van der Waals surface area contributed by atoms with Crippen LogP contribution in [-0.4, -0.2) is 136 Å². The van der Waals surface area contributed by atoms with Crippen LogP contribution in [0.25, 0.3) is 33.3 Å². The van der Waals surface area contributed by atoms with Crippen LogP contribution in [0.4, 0.5) is 4.39 Å². The summed E-state index contributed by atoms with van der Waals surface area (Å²) in [5.41, 5.74) is 9.83. The number of likely N-dealkylation sites (N-methyl/N-ethyl adjacent to an activating group) is 2. The lowest BCUT2D eigenvalue weighted by Crippen LogP contribution is -2.62. The predicted octanol–water partition coefficient (Wildman–Crippen LogP) is 6.42. The predicted molar refractivity (Wildman–Crippen MR) is 275 cm³/mol. The number of cyclic esters (lactones) is 1. The summed E-state index contributed by atoms with van der Waals surface area (Å²) in [5, 5.41) is 16.7. The molecule has 0 aliphatic carbocycles. The number of fused-ring (bicyclic) bond motifs is 6. The van der Waals surface area contributed by atoms with E-state index >= 15 is 0 Å². The number of hydrogen-bond acceptors (Lipinski definition) is 11. The molecule has 8 rings (SSSR count). The van der Waals surface area contributed by atoms with E-state index in [9.17, 15) is 33.5 Å². The molecule has 6 atom stereocenters. The highest BCUT2D eigenvalue weighted by Crippen LogP contribution is 2.42. The van der Waals surface area contributed by atoms with Crippen LogP contribution in [0.2, 0.25) is 0 Å². The van der Waals surface area contributed by atoms with Crippen molar-refractivity contribution in [3.05, 3.63) is 107 Å². The number of amides is 4. The summed E-state index contributed by atoms with van der Waals surface area (Å²) in [4.78, 5) is 80.0. The number of phenolic OH excluding ortho intramolecular Hbond substituents is 1. The SMILES string of the molecule is CCn1c(-c2cccnc2[C@H](C)OC)c2c3cc(ccc31)-c1cc(O)cc(c1)C[C@H](NC(=O)C(C(C)C)N(C)C(=O)CN(C)C(=O)[C@H]1CN1Cc1ccccc1F)C(=O)N1CCC[C@H](N1)C(=O)OCC(C)(C)C2. The van der Waals surface area contributed by atoms with E-state index in [1.165, 1.54) is 35.0 Å². The molecule has 17 heteroatoms. The molecule has 5 heterocycles. The molecule has 16 nitrogen and oxygen atoms in total. The van der Waals surface area contributed by atoms with Crippen LogP contribution in [0.3, 0.4) is 0 Å². The number of benzene rings is 3. The molecule has 2 aromatic heterocycles. The zero-order valence-electron chi connectivity index (χ0n) is 43.4. The third-order valence-electron chi connectivity index (χ3n) is 14.5. The Balaban J connectivity index is 1.11. The maximum absolute atomic E-state index is 14.8. The number of rotatable bonds is 13. The fourth-order valence-corrected chi connectivity index (χ4v) is 10.5. The van der Waals surface area contributed by atoms with Gasteiger partial charge >= 0.3 is 5.97 Å². The van der Waals surface area contributed by atoms with Crippen molar-refractivity contribution in [1.82, 2.24) is 40.0 Å². The monoisotopic (exact) mass is 1000 g/mol. The Kier molecular flexibility index (Phi) is 15.7. The van der Waals surface area contributed by atoms with E-state index in [-0.39, 0.29) is 56.2 Å². The highest BCUT2D eigenvalue weighted by molar-refractivity contribution is 5.96. The number of halogens is 1. The maximum Gasteiger partial charge on any atom is 0.324 e. The van der Waals surface area contributed by atoms with E-state index in [1.807, 2.05) is 30.0 Å². The number of methoxy groups -OCH3 is 1. The van der Waals surface area contributed by atoms with E-state index in [0.29, 0.717) is 49.0 Å². The molecular weight excluding hydrogens is 932 g/mol. The molecule has 4 amide bonds. The van der Waals surface area contributed by atoms with Crippen LogP contribution < -0.4 is 10.7 Å². The summed E-state index contributed by atoms with van der Waals surface area (Å²) < 4.78 is 28.5. The number of carbonyl (C=O) groups is 5. The fraction of sp³-hybridized carbons (Fsp3) is 0.464. The Morgan fingerprint density at radius 2 is 1.79 bits per heavy atom. The first kappa shape index (κ1) is 52.6. The van der Waals surface area contributed by atoms with Gasteiger partial charge in [-0.15, -0.1) is 0 Å². The molecule has 3 aliphatic heterocycles. The average Bonchev–Trinajstić information content (AvgIpc) is 4.07. The molecule has 3 aliphatic rings. The van der Waals surface area contributed by atoms with Gasteiger partial charge in [0.2, 0.25) is 17.7 Å². The van der Waals surface area contributed by atoms with Gasteiger partial charge in [0.25, 0.3) is 5.91 Å². The molecule has 388 valence electrons. The molecule has 0 saturated carbocycles. The zero-order chi connectivity index (χ0) is 52.5. The van der Waals surface area contributed by atoms with E-state index < -0.39 is 59.2 Å². The van der Waals surface area contributed by atoms with Crippen LogP contribution in [0, 0.1) is 17.2 Å². The minimum absolute atomic E-state index is 0.0363. The van der Waals surface area contributed by atoms with Crippen LogP contribution in [0.1, 0.15) is 82.9 Å². The summed E-state index contributed by atoms with van der Waals surface area (Å²) in [5.74, 6) is -3.22. The van der Waals surface area contributed by atoms with E-state index in [2.05, 4.69) is 54.3 Å². The maximum atomic E-state index is 14.8. The topological polar surface area (TPSA) is 179 Å². The van der Waals surface area contributed by atoms with Crippen LogP contribution in [-0.2, 0) is 59.4 Å². The smallest absolute Gasteiger partial charge is 0.324 e. The number of nitrogens with zero attached hydrogens (tertiary/aromatic N) is 6. The second kappa shape index (κ2) is 21.8. The lowest BCUT2D eigenvalue weighted by Gasteiger charge is -2.37. The van der Waals surface area contributed by atoms with Crippen molar-refractivity contribution in [3.63, 3.8) is 0 Å². The van der Waals surface area contributed by atoms with E-state index in [0.717, 1.165) is 39.0 Å². The molecule has 2 saturated heterocycles. The van der Waals surface area contributed by atoms with Gasteiger partial charge in [-0.3, -0.25) is 38.9 Å². The van der Waals surface area contributed by atoms with Gasteiger partial charge in [-0.05, 0) is 104 Å². The molecule has 5 aromatic rings. The number of pyridine rings is 1. The summed E-state index contributed by atoms with van der Waals surface area (Å²) in [6, 6.07) is 18.1. The minimum Gasteiger partial charge on any atom is -0.508 e. The van der Waals surface area contributed by atoms with Crippen molar-refractivity contribution in [2.24, 2.45) is 11.3 Å². The highest BCUT2D eigenvalue weighted by atomic mass is 19.1. The molecule has 0 spiro atoms. The first-order valence-electron chi connectivity index (χ1n) is 25.3. The van der Waals surface area contributed by atoms with Gasteiger partial charge in [0.1, 0.15) is 35.7 Å². The van der Waals surface area contributed by atoms with Crippen molar-refractivity contribution in [2.45, 2.75) is 111 Å². The average molecular weight is 1000 g/mol. The van der Waals surface area contributed by atoms with Crippen molar-refractivity contribution in [1.29, 1.82) is 0 Å². The zero-order valence-corrected chi connectivity index (χ0v) is 43.4. The lowest BCUT2D eigenvalue weighted by atomic mass is 9.84. The Hall–Kier alpha value is -6.69. The van der Waals surface area contributed by atoms with Gasteiger partial charge in [-0.25, -0.2) is 9.82 Å². The second-order valence-electron chi connectivity index (χ2n) is 21.0. The number of ether oxygens (including phenoxy) is 2. The number of hydrazine groups is 1. The highest BCUT2D eigenvalue weighted by Gasteiger charge is 2.43. The van der Waals surface area contributed by atoms with Crippen molar-refractivity contribution >= 4 is 40.5 Å². The third kappa shape index (κ3) is 11.4. The minimum atomic E-state index is -1.22. The van der Waals surface area contributed by atoms with Crippen molar-refractivity contribution < 1.29 is 42.9 Å². The molecule has 2 fully saturated rings. The lowest BCUT2D eigenvalue weighted by molar-refractivity contribution is -0.155. The fourth-order valence-electron chi connectivity index (χ4n) is 10.5. The van der Waals surface area contributed by atoms with Gasteiger partial charge in [0.05, 0.1) is 30.6 Å². The summed E-state index contributed by atoms with van der Waals surface area (Å²) in [6.07, 6.45) is 2.84. The Morgan fingerprint density at radius 3 is 2.52 bits per heavy atom. The van der Waals surface area contributed by atoms with Gasteiger partial charge in [0, 0.05) is 87.4 Å². The van der Waals surface area contributed by atoms with Crippen LogP contribution in [0.15, 0.2) is 79.0 Å². The van der Waals surface area contributed by atoms with Gasteiger partial charge in [-0.2, -0.15) is 0 Å². The van der Waals surface area contributed by atoms with Crippen molar-refractivity contribution in [3.8, 4) is 28.1 Å². The molecule has 2 unspecified atom stereocenters. The number of phenols is 1. The van der Waals surface area contributed by atoms with Crippen molar-refractivity contribution in [2.75, 3.05) is 47.4 Å². The van der Waals surface area contributed by atoms with E-state index in [4.69, 9.17) is 14.5 Å². The first-order valence-corrected chi connectivity index (χ1v) is 25.3. The summed E-state index contributed by atoms with van der Waals surface area (Å²) >= 11 is 0. The largest absolute Gasteiger partial charge is 0.508 e. The number of aromatic nitrogens is 2. The first-order chi connectivity index (χ1) is 34.8. The molecular formula is C56H69FN8O8. The van der Waals surface area contributed by atoms with Gasteiger partial charge in [-0.1, -0.05) is 58.0 Å². The second-order valence-corrected chi connectivity index (χ2v) is 21.0. The number of hydrogen-bond donors (Lipinski definition) is 3.